The maximum atomic E-state index is 13.2. The van der Waals surface area contributed by atoms with E-state index >= 15 is 0 Å². The molecule has 3 aromatic rings. The zero-order valence-corrected chi connectivity index (χ0v) is 18.1. The molecule has 1 fully saturated rings. The largest absolute Gasteiger partial charge is 0.493 e. The van der Waals surface area contributed by atoms with E-state index in [1.165, 1.54) is 0 Å². The standard InChI is InChI=1S/C23H26N2O4S/c1-27-19-11-9-16(14-20(19)28-2)10-12-22(26)25(15-17-6-5-13-29-17)23-24-18-7-3-4-8-21(18)30-23/h3-4,7-9,11,14,17H,5-6,10,12-13,15H2,1-2H3. The van der Waals surface area contributed by atoms with Gasteiger partial charge in [0.2, 0.25) is 5.91 Å². The van der Waals surface area contributed by atoms with Gasteiger partial charge in [-0.3, -0.25) is 9.69 Å². The number of fused-ring (bicyclic) bond motifs is 1. The molecule has 1 atom stereocenters. The molecule has 4 rings (SSSR count). The first-order valence-electron chi connectivity index (χ1n) is 10.2. The maximum Gasteiger partial charge on any atom is 0.229 e. The summed E-state index contributed by atoms with van der Waals surface area (Å²) < 4.78 is 17.6. The van der Waals surface area contributed by atoms with Crippen LogP contribution in [-0.2, 0) is 16.0 Å². The number of rotatable bonds is 8. The summed E-state index contributed by atoms with van der Waals surface area (Å²) in [5, 5.41) is 0.740. The fourth-order valence-corrected chi connectivity index (χ4v) is 4.67. The second-order valence-corrected chi connectivity index (χ2v) is 8.30. The van der Waals surface area contributed by atoms with Crippen molar-refractivity contribution in [1.82, 2.24) is 4.98 Å². The van der Waals surface area contributed by atoms with Crippen LogP contribution >= 0.6 is 11.3 Å². The number of carbonyl (C=O) groups excluding carboxylic acids is 1. The van der Waals surface area contributed by atoms with E-state index in [0.29, 0.717) is 30.9 Å². The average Bonchev–Trinajstić information content (AvgIpc) is 3.44. The number of thiazole rings is 1. The molecule has 0 radical (unpaired) electrons. The van der Waals surface area contributed by atoms with Gasteiger partial charge in [0.1, 0.15) is 0 Å². The van der Waals surface area contributed by atoms with E-state index in [1.807, 2.05) is 42.5 Å². The Morgan fingerprint density at radius 3 is 2.77 bits per heavy atom. The Bertz CT molecular complexity index is 980. The van der Waals surface area contributed by atoms with Crippen LogP contribution in [0.5, 0.6) is 11.5 Å². The van der Waals surface area contributed by atoms with Gasteiger partial charge in [0.15, 0.2) is 16.6 Å². The van der Waals surface area contributed by atoms with Gasteiger partial charge >= 0.3 is 0 Å². The Morgan fingerprint density at radius 2 is 2.03 bits per heavy atom. The van der Waals surface area contributed by atoms with E-state index in [2.05, 4.69) is 0 Å². The number of anilines is 1. The third kappa shape index (κ3) is 4.57. The summed E-state index contributed by atoms with van der Waals surface area (Å²) in [6.45, 7) is 1.31. The molecule has 0 bridgehead atoms. The van der Waals surface area contributed by atoms with Crippen molar-refractivity contribution >= 4 is 32.6 Å². The number of amides is 1. The van der Waals surface area contributed by atoms with Crippen molar-refractivity contribution in [2.24, 2.45) is 0 Å². The highest BCUT2D eigenvalue weighted by atomic mass is 32.1. The minimum absolute atomic E-state index is 0.0549. The lowest BCUT2D eigenvalue weighted by atomic mass is 10.1. The molecule has 1 amide bonds. The second kappa shape index (κ2) is 9.45. The van der Waals surface area contributed by atoms with E-state index in [4.69, 9.17) is 19.2 Å². The van der Waals surface area contributed by atoms with Gasteiger partial charge < -0.3 is 14.2 Å². The maximum absolute atomic E-state index is 13.2. The third-order valence-electron chi connectivity index (χ3n) is 5.30. The molecular weight excluding hydrogens is 400 g/mol. The summed E-state index contributed by atoms with van der Waals surface area (Å²) in [7, 11) is 3.23. The smallest absolute Gasteiger partial charge is 0.229 e. The van der Waals surface area contributed by atoms with E-state index in [9.17, 15) is 4.79 Å². The number of methoxy groups -OCH3 is 2. The van der Waals surface area contributed by atoms with Crippen molar-refractivity contribution in [3.05, 3.63) is 48.0 Å². The zero-order chi connectivity index (χ0) is 20.9. The molecule has 158 valence electrons. The van der Waals surface area contributed by atoms with E-state index in [-0.39, 0.29) is 12.0 Å². The third-order valence-corrected chi connectivity index (χ3v) is 6.36. The molecule has 1 aromatic heterocycles. The molecule has 1 saturated heterocycles. The van der Waals surface area contributed by atoms with Crippen LogP contribution in [-0.4, -0.2) is 44.4 Å². The number of hydrogen-bond acceptors (Lipinski definition) is 6. The minimum atomic E-state index is 0.0549. The van der Waals surface area contributed by atoms with Crippen molar-refractivity contribution in [3.63, 3.8) is 0 Å². The van der Waals surface area contributed by atoms with Crippen molar-refractivity contribution in [2.45, 2.75) is 31.8 Å². The first kappa shape index (κ1) is 20.6. The van der Waals surface area contributed by atoms with Crippen LogP contribution in [0.2, 0.25) is 0 Å². The highest BCUT2D eigenvalue weighted by Gasteiger charge is 2.26. The number of para-hydroxylation sites is 1. The van der Waals surface area contributed by atoms with Crippen LogP contribution < -0.4 is 14.4 Å². The van der Waals surface area contributed by atoms with Crippen molar-refractivity contribution in [3.8, 4) is 11.5 Å². The van der Waals surface area contributed by atoms with Gasteiger partial charge in [0.05, 0.1) is 37.1 Å². The van der Waals surface area contributed by atoms with Gasteiger partial charge in [-0.2, -0.15) is 0 Å². The first-order valence-corrected chi connectivity index (χ1v) is 11.0. The Kier molecular flexibility index (Phi) is 6.50. The van der Waals surface area contributed by atoms with Crippen LogP contribution in [0.3, 0.4) is 0 Å². The van der Waals surface area contributed by atoms with Crippen molar-refractivity contribution in [2.75, 3.05) is 32.3 Å². The lowest BCUT2D eigenvalue weighted by molar-refractivity contribution is -0.119. The quantitative estimate of drug-likeness (QED) is 0.532. The summed E-state index contributed by atoms with van der Waals surface area (Å²) in [4.78, 5) is 19.8. The summed E-state index contributed by atoms with van der Waals surface area (Å²) in [5.74, 6) is 1.41. The Labute approximate surface area is 180 Å². The minimum Gasteiger partial charge on any atom is -0.493 e. The lowest BCUT2D eigenvalue weighted by Crippen LogP contribution is -2.37. The monoisotopic (exact) mass is 426 g/mol. The highest BCUT2D eigenvalue weighted by molar-refractivity contribution is 7.22. The topological polar surface area (TPSA) is 60.9 Å². The molecule has 2 aromatic carbocycles. The molecule has 1 aliphatic heterocycles. The van der Waals surface area contributed by atoms with Gasteiger partial charge in [-0.25, -0.2) is 4.98 Å². The lowest BCUT2D eigenvalue weighted by Gasteiger charge is -2.23. The normalized spacial score (nSPS) is 16.0. The zero-order valence-electron chi connectivity index (χ0n) is 17.3. The van der Waals surface area contributed by atoms with Crippen LogP contribution in [0, 0.1) is 0 Å². The highest BCUT2D eigenvalue weighted by Crippen LogP contribution is 2.31. The number of nitrogens with zero attached hydrogens (tertiary/aromatic N) is 2. The Hall–Kier alpha value is -2.64. The van der Waals surface area contributed by atoms with Crippen molar-refractivity contribution in [1.29, 1.82) is 0 Å². The van der Waals surface area contributed by atoms with Gasteiger partial charge in [-0.1, -0.05) is 29.5 Å². The molecule has 0 saturated carbocycles. The molecule has 1 unspecified atom stereocenters. The molecule has 0 spiro atoms. The Morgan fingerprint density at radius 1 is 1.20 bits per heavy atom. The fraction of sp³-hybridized carbons (Fsp3) is 0.391. The van der Waals surface area contributed by atoms with E-state index < -0.39 is 0 Å². The SMILES string of the molecule is COc1ccc(CCC(=O)N(CC2CCCO2)c2nc3ccccc3s2)cc1OC. The predicted molar refractivity (Wildman–Crippen MR) is 119 cm³/mol. The molecule has 0 aliphatic carbocycles. The first-order chi connectivity index (χ1) is 14.7. The van der Waals surface area contributed by atoms with Gasteiger partial charge in [0, 0.05) is 13.0 Å². The number of aryl methyl sites for hydroxylation is 1. The molecule has 7 heteroatoms. The molecule has 1 aliphatic rings. The number of aromatic nitrogens is 1. The van der Waals surface area contributed by atoms with Crippen LogP contribution in [0.1, 0.15) is 24.8 Å². The number of ether oxygens (including phenoxy) is 3. The van der Waals surface area contributed by atoms with E-state index in [1.54, 1.807) is 30.5 Å². The number of benzene rings is 2. The summed E-state index contributed by atoms with van der Waals surface area (Å²) in [6, 6.07) is 13.7. The van der Waals surface area contributed by atoms with Crippen LogP contribution in [0.15, 0.2) is 42.5 Å². The fourth-order valence-electron chi connectivity index (χ4n) is 3.68. The summed E-state index contributed by atoms with van der Waals surface area (Å²) >= 11 is 1.55. The van der Waals surface area contributed by atoms with Crippen LogP contribution in [0.25, 0.3) is 10.2 Å². The number of carbonyl (C=O) groups is 1. The van der Waals surface area contributed by atoms with Crippen LogP contribution in [0.4, 0.5) is 5.13 Å². The van der Waals surface area contributed by atoms with Crippen molar-refractivity contribution < 1.29 is 19.0 Å². The summed E-state index contributed by atoms with van der Waals surface area (Å²) in [6.07, 6.45) is 3.09. The molecule has 6 nitrogen and oxygen atoms in total. The predicted octanol–water partition coefficient (Wildman–Crippen LogP) is 4.46. The molecule has 0 N–H and O–H groups in total. The summed E-state index contributed by atoms with van der Waals surface area (Å²) in [5.41, 5.74) is 1.95. The molecular formula is C23H26N2O4S. The van der Waals surface area contributed by atoms with E-state index in [0.717, 1.165) is 40.4 Å². The molecule has 2 heterocycles. The van der Waals surface area contributed by atoms with Gasteiger partial charge in [0.25, 0.3) is 0 Å². The van der Waals surface area contributed by atoms with Gasteiger partial charge in [-0.15, -0.1) is 0 Å². The second-order valence-electron chi connectivity index (χ2n) is 7.29. The van der Waals surface area contributed by atoms with Gasteiger partial charge in [-0.05, 0) is 49.1 Å². The average molecular weight is 427 g/mol. The molecule has 30 heavy (non-hydrogen) atoms. The number of hydrogen-bond donors (Lipinski definition) is 0. The Balaban J connectivity index is 1.51.